The summed E-state index contributed by atoms with van der Waals surface area (Å²) in [4.78, 5) is 80.0. The molecule has 0 radical (unpaired) electrons. The molecule has 2 rings (SSSR count). The van der Waals surface area contributed by atoms with E-state index in [0.717, 1.165) is 0 Å². The summed E-state index contributed by atoms with van der Waals surface area (Å²) in [6.07, 6.45) is 0.959. The Hall–Kier alpha value is -4.93. The highest BCUT2D eigenvalue weighted by Gasteiger charge is 2.39. The third-order valence-corrected chi connectivity index (χ3v) is 6.86. The number of aliphatic imine (C=N–C) groups is 1. The van der Waals surface area contributed by atoms with E-state index in [1.54, 1.807) is 12.1 Å². The number of guanidine groups is 1. The molecule has 17 nitrogen and oxygen atoms in total. The number of benzene rings is 1. The normalized spacial score (nSPS) is 16.2. The van der Waals surface area contributed by atoms with Crippen LogP contribution in [0.25, 0.3) is 0 Å². The second-order valence-corrected chi connectivity index (χ2v) is 10.4. The number of carbonyl (C=O) groups is 6. The number of likely N-dealkylation sites (tertiary alicyclic amines) is 1. The maximum absolute atomic E-state index is 13.7. The van der Waals surface area contributed by atoms with E-state index in [-0.39, 0.29) is 56.9 Å². The van der Waals surface area contributed by atoms with Crippen molar-refractivity contribution >= 4 is 41.5 Å². The van der Waals surface area contributed by atoms with Crippen molar-refractivity contribution in [1.82, 2.24) is 20.9 Å². The number of hydrogen-bond donors (Lipinski definition) is 9. The van der Waals surface area contributed by atoms with Gasteiger partial charge in [-0.15, -0.1) is 0 Å². The highest BCUT2D eigenvalue weighted by Crippen LogP contribution is 2.21. The van der Waals surface area contributed by atoms with Gasteiger partial charge in [0.15, 0.2) is 5.96 Å². The first-order valence-corrected chi connectivity index (χ1v) is 14.1. The number of rotatable bonds is 17. The molecular formula is C27H41N9O8. The van der Waals surface area contributed by atoms with Crippen molar-refractivity contribution in [3.8, 4) is 5.75 Å². The number of carboxylic acid groups (broad SMARTS) is 1. The monoisotopic (exact) mass is 619 g/mol. The fourth-order valence-electron chi connectivity index (χ4n) is 4.60. The van der Waals surface area contributed by atoms with Gasteiger partial charge in [0.25, 0.3) is 0 Å². The number of primary amides is 1. The van der Waals surface area contributed by atoms with Crippen molar-refractivity contribution in [2.45, 2.75) is 69.1 Å². The van der Waals surface area contributed by atoms with Crippen molar-refractivity contribution in [3.63, 3.8) is 0 Å². The number of carboxylic acids is 1. The van der Waals surface area contributed by atoms with Crippen LogP contribution in [0, 0.1) is 0 Å². The lowest BCUT2D eigenvalue weighted by atomic mass is 10.0. The lowest BCUT2D eigenvalue weighted by molar-refractivity contribution is -0.142. The summed E-state index contributed by atoms with van der Waals surface area (Å²) in [5.74, 6) is -4.70. The van der Waals surface area contributed by atoms with Crippen LogP contribution in [0.5, 0.6) is 5.75 Å². The topological polar surface area (TPSA) is 299 Å². The van der Waals surface area contributed by atoms with Crippen molar-refractivity contribution in [1.29, 1.82) is 0 Å². The summed E-state index contributed by atoms with van der Waals surface area (Å²) >= 11 is 0. The summed E-state index contributed by atoms with van der Waals surface area (Å²) in [7, 11) is 0. The Labute approximate surface area is 253 Å². The quantitative estimate of drug-likeness (QED) is 0.0473. The van der Waals surface area contributed by atoms with Gasteiger partial charge in [-0.05, 0) is 49.8 Å². The van der Waals surface area contributed by atoms with Crippen LogP contribution in [-0.2, 0) is 35.2 Å². The predicted molar refractivity (Wildman–Crippen MR) is 157 cm³/mol. The Morgan fingerprint density at radius 2 is 1.66 bits per heavy atom. The second kappa shape index (κ2) is 17.3. The number of nitrogens with zero attached hydrogens (tertiary/aromatic N) is 2. The molecule has 44 heavy (non-hydrogen) atoms. The van der Waals surface area contributed by atoms with E-state index in [0.29, 0.717) is 18.4 Å². The minimum atomic E-state index is -1.28. The van der Waals surface area contributed by atoms with E-state index >= 15 is 0 Å². The average molecular weight is 620 g/mol. The number of aliphatic carboxylic acids is 1. The number of aromatic hydroxyl groups is 1. The van der Waals surface area contributed by atoms with Crippen LogP contribution >= 0.6 is 0 Å². The van der Waals surface area contributed by atoms with Crippen molar-refractivity contribution < 1.29 is 39.0 Å². The van der Waals surface area contributed by atoms with Gasteiger partial charge in [0.1, 0.15) is 30.4 Å². The van der Waals surface area contributed by atoms with Gasteiger partial charge in [-0.25, -0.2) is 0 Å². The van der Waals surface area contributed by atoms with Crippen LogP contribution in [0.1, 0.15) is 44.1 Å². The molecule has 1 fully saturated rings. The molecule has 0 spiro atoms. The number of amides is 5. The zero-order valence-electron chi connectivity index (χ0n) is 24.2. The van der Waals surface area contributed by atoms with Crippen LogP contribution in [0.3, 0.4) is 0 Å². The summed E-state index contributed by atoms with van der Waals surface area (Å²) < 4.78 is 0. The standard InChI is InChI=1S/C27H41N9O8/c28-17(9-10-21(29)38)23(41)34-18(3-1-11-32-27(30)31)26(44)36-12-2-4-20(36)25(43)35-19(24(42)33-14-22(39)40)13-15-5-7-16(37)8-6-15/h5-8,17-20,37H,1-4,9-14,28H2,(H2,29,38)(H,33,42)(H,34,41)(H,35,43)(H,39,40)(H4,30,31,32)/t17-,18-,19-,20-/m0/s1. The van der Waals surface area contributed by atoms with E-state index in [4.69, 9.17) is 28.0 Å². The minimum absolute atomic E-state index is 0.00135. The zero-order valence-corrected chi connectivity index (χ0v) is 24.2. The van der Waals surface area contributed by atoms with Crippen LogP contribution in [-0.4, -0.2) is 100 Å². The third-order valence-electron chi connectivity index (χ3n) is 6.86. The maximum atomic E-state index is 13.7. The molecule has 1 aromatic carbocycles. The Morgan fingerprint density at radius 3 is 2.27 bits per heavy atom. The van der Waals surface area contributed by atoms with Crippen molar-refractivity contribution in [2.24, 2.45) is 27.9 Å². The van der Waals surface area contributed by atoms with Gasteiger partial charge in [-0.3, -0.25) is 33.8 Å². The molecule has 0 unspecified atom stereocenters. The number of phenolic OH excluding ortho intramolecular Hbond substituents is 1. The first-order valence-electron chi connectivity index (χ1n) is 14.1. The predicted octanol–water partition coefficient (Wildman–Crippen LogP) is -3.26. The minimum Gasteiger partial charge on any atom is -0.508 e. The first kappa shape index (κ1) is 35.3. The number of nitrogens with two attached hydrogens (primary N) is 4. The van der Waals surface area contributed by atoms with Crippen LogP contribution in [0.15, 0.2) is 29.3 Å². The highest BCUT2D eigenvalue weighted by molar-refractivity contribution is 5.95. The molecule has 0 aliphatic carbocycles. The molecule has 17 heteroatoms. The van der Waals surface area contributed by atoms with Crippen molar-refractivity contribution in [3.05, 3.63) is 29.8 Å². The van der Waals surface area contributed by atoms with Crippen LogP contribution < -0.4 is 38.9 Å². The molecule has 1 aliphatic rings. The van der Waals surface area contributed by atoms with E-state index in [1.807, 2.05) is 0 Å². The highest BCUT2D eigenvalue weighted by atomic mass is 16.4. The summed E-state index contributed by atoms with van der Waals surface area (Å²) in [5.41, 5.74) is 22.3. The van der Waals surface area contributed by atoms with Crippen molar-refractivity contribution in [2.75, 3.05) is 19.6 Å². The Morgan fingerprint density at radius 1 is 0.977 bits per heavy atom. The third kappa shape index (κ3) is 11.7. The molecule has 4 atom stereocenters. The van der Waals surface area contributed by atoms with E-state index in [2.05, 4.69) is 20.9 Å². The molecule has 1 aromatic rings. The average Bonchev–Trinajstić information content (AvgIpc) is 3.46. The lowest BCUT2D eigenvalue weighted by Crippen LogP contribution is -2.57. The zero-order chi connectivity index (χ0) is 32.8. The van der Waals surface area contributed by atoms with Gasteiger partial charge >= 0.3 is 5.97 Å². The largest absolute Gasteiger partial charge is 0.508 e. The summed E-state index contributed by atoms with van der Waals surface area (Å²) in [5, 5.41) is 26.0. The molecule has 13 N–H and O–H groups in total. The fourth-order valence-corrected chi connectivity index (χ4v) is 4.60. The molecular weight excluding hydrogens is 578 g/mol. The van der Waals surface area contributed by atoms with Crippen LogP contribution in [0.4, 0.5) is 0 Å². The Kier molecular flexibility index (Phi) is 13.8. The van der Waals surface area contributed by atoms with Gasteiger partial charge in [0.2, 0.25) is 29.5 Å². The van der Waals surface area contributed by atoms with Gasteiger partial charge in [-0.1, -0.05) is 12.1 Å². The summed E-state index contributed by atoms with van der Waals surface area (Å²) in [6.45, 7) is -0.305. The number of nitrogens with one attached hydrogen (secondary N) is 3. The fraction of sp³-hybridized carbons (Fsp3) is 0.519. The Balaban J connectivity index is 2.21. The Bertz CT molecular complexity index is 1220. The first-order chi connectivity index (χ1) is 20.8. The molecule has 242 valence electrons. The van der Waals surface area contributed by atoms with Gasteiger partial charge in [-0.2, -0.15) is 0 Å². The van der Waals surface area contributed by atoms with E-state index in [1.165, 1.54) is 17.0 Å². The molecule has 0 bridgehead atoms. The molecule has 1 aliphatic heterocycles. The number of phenols is 1. The SMILES string of the molecule is NC(=O)CC[C@H](N)C(=O)N[C@@H](CCCN=C(N)N)C(=O)N1CCC[C@H]1C(=O)N[C@@H](Cc1ccc(O)cc1)C(=O)NCC(=O)O. The molecule has 0 saturated carbocycles. The lowest BCUT2D eigenvalue weighted by Gasteiger charge is -2.30. The van der Waals surface area contributed by atoms with Gasteiger partial charge in [0.05, 0.1) is 6.04 Å². The molecule has 0 aromatic heterocycles. The van der Waals surface area contributed by atoms with Gasteiger partial charge < -0.3 is 54.0 Å². The molecule has 1 saturated heterocycles. The maximum Gasteiger partial charge on any atom is 0.322 e. The van der Waals surface area contributed by atoms with E-state index in [9.17, 15) is 33.9 Å². The number of hydrogen-bond acceptors (Lipinski definition) is 9. The summed E-state index contributed by atoms with van der Waals surface area (Å²) in [6, 6.07) is 1.52. The smallest absolute Gasteiger partial charge is 0.322 e. The van der Waals surface area contributed by atoms with Gasteiger partial charge in [0, 0.05) is 25.9 Å². The molecule has 1 heterocycles. The number of carbonyl (C=O) groups excluding carboxylic acids is 5. The molecule has 5 amide bonds. The second-order valence-electron chi connectivity index (χ2n) is 10.4. The van der Waals surface area contributed by atoms with Crippen LogP contribution in [0.2, 0.25) is 0 Å². The van der Waals surface area contributed by atoms with E-state index < -0.39 is 66.2 Å².